The molecule has 9 heteroatoms. The lowest BCUT2D eigenvalue weighted by molar-refractivity contribution is 0.0977. The van der Waals surface area contributed by atoms with Crippen molar-refractivity contribution in [3.63, 3.8) is 0 Å². The van der Waals surface area contributed by atoms with E-state index in [1.807, 2.05) is 4.72 Å². The summed E-state index contributed by atoms with van der Waals surface area (Å²) in [6.07, 6.45) is 1.39. The molecule has 0 fully saturated rings. The van der Waals surface area contributed by atoms with Crippen molar-refractivity contribution in [2.45, 2.75) is 11.8 Å². The lowest BCUT2D eigenvalue weighted by Crippen LogP contribution is -2.31. The summed E-state index contributed by atoms with van der Waals surface area (Å²) < 4.78 is 41.8. The van der Waals surface area contributed by atoms with Crippen LogP contribution >= 0.6 is 11.6 Å². The number of rotatable bonds is 4. The predicted molar refractivity (Wildman–Crippen MR) is 99.4 cm³/mol. The maximum Gasteiger partial charge on any atom is 0.285 e. The first kappa shape index (κ1) is 19.1. The van der Waals surface area contributed by atoms with Gasteiger partial charge in [-0.2, -0.15) is 0 Å². The molecule has 2 aromatic carbocycles. The minimum atomic E-state index is -4.25. The van der Waals surface area contributed by atoms with Crippen molar-refractivity contribution in [1.82, 2.24) is 14.3 Å². The number of amides is 1. The Morgan fingerprint density at radius 3 is 2.63 bits per heavy atom. The van der Waals surface area contributed by atoms with Gasteiger partial charge in [0.05, 0.1) is 9.92 Å². The smallest absolute Gasteiger partial charge is 0.285 e. The highest BCUT2D eigenvalue weighted by atomic mass is 35.5. The molecule has 0 aliphatic carbocycles. The molecule has 0 aliphatic heterocycles. The largest absolute Gasteiger partial charge is 0.333 e. The van der Waals surface area contributed by atoms with Gasteiger partial charge >= 0.3 is 0 Å². The summed E-state index contributed by atoms with van der Waals surface area (Å²) in [5.74, 6) is -1.23. The maximum atomic E-state index is 13.4. The molecule has 0 spiro atoms. The zero-order valence-corrected chi connectivity index (χ0v) is 16.0. The predicted octanol–water partition coefficient (Wildman–Crippen LogP) is 3.31. The number of aromatic nitrogens is 2. The maximum absolute atomic E-state index is 13.4. The third kappa shape index (κ3) is 3.86. The Morgan fingerprint density at radius 1 is 1.22 bits per heavy atom. The number of halogens is 2. The van der Waals surface area contributed by atoms with Crippen molar-refractivity contribution >= 4 is 27.5 Å². The summed E-state index contributed by atoms with van der Waals surface area (Å²) in [6.45, 7) is 1.51. The molecule has 27 heavy (non-hydrogen) atoms. The Labute approximate surface area is 160 Å². The highest BCUT2D eigenvalue weighted by Crippen LogP contribution is 2.26. The number of hydrogen-bond acceptors (Lipinski definition) is 4. The van der Waals surface area contributed by atoms with Crippen molar-refractivity contribution in [2.75, 3.05) is 0 Å². The van der Waals surface area contributed by atoms with E-state index in [0.29, 0.717) is 22.0 Å². The van der Waals surface area contributed by atoms with Crippen molar-refractivity contribution in [3.8, 4) is 11.4 Å². The standard InChI is InChI=1S/C18H15ClFN3O3S/c1-11-7-8-12(20)9-16(11)27(25,26)22-18(24)15-10-23(2)17(21-15)13-5-3-4-6-14(13)19/h3-10H,1-2H3,(H,22,24). The quantitative estimate of drug-likeness (QED) is 0.719. The summed E-state index contributed by atoms with van der Waals surface area (Å²) in [6, 6.07) is 10.3. The van der Waals surface area contributed by atoms with Crippen LogP contribution < -0.4 is 4.72 Å². The van der Waals surface area contributed by atoms with E-state index in [2.05, 4.69) is 4.98 Å². The number of carbonyl (C=O) groups excluding carboxylic acids is 1. The Morgan fingerprint density at radius 2 is 1.93 bits per heavy atom. The third-order valence-corrected chi connectivity index (χ3v) is 5.69. The lowest BCUT2D eigenvalue weighted by Gasteiger charge is -2.08. The van der Waals surface area contributed by atoms with Gasteiger partial charge in [-0.3, -0.25) is 4.79 Å². The Kier molecular flexibility index (Phi) is 5.03. The number of imidazole rings is 1. The zero-order chi connectivity index (χ0) is 19.8. The average molecular weight is 408 g/mol. The van der Waals surface area contributed by atoms with E-state index in [1.54, 1.807) is 35.9 Å². The molecule has 0 bridgehead atoms. The van der Waals surface area contributed by atoms with Crippen molar-refractivity contribution in [2.24, 2.45) is 7.05 Å². The van der Waals surface area contributed by atoms with Crippen LogP contribution in [0.3, 0.4) is 0 Å². The minimum absolute atomic E-state index is 0.106. The van der Waals surface area contributed by atoms with Crippen LogP contribution in [0.25, 0.3) is 11.4 Å². The van der Waals surface area contributed by atoms with Crippen molar-refractivity contribution < 1.29 is 17.6 Å². The molecule has 0 saturated carbocycles. The summed E-state index contributed by atoms with van der Waals surface area (Å²) in [7, 11) is -2.59. The lowest BCUT2D eigenvalue weighted by atomic mass is 10.2. The molecule has 3 aromatic rings. The van der Waals surface area contributed by atoms with Crippen LogP contribution in [0.2, 0.25) is 5.02 Å². The number of aryl methyl sites for hydroxylation is 2. The second-order valence-corrected chi connectivity index (χ2v) is 7.94. The van der Waals surface area contributed by atoms with E-state index in [-0.39, 0.29) is 10.6 Å². The summed E-state index contributed by atoms with van der Waals surface area (Å²) in [5, 5.41) is 0.446. The second kappa shape index (κ2) is 7.13. The van der Waals surface area contributed by atoms with Gasteiger partial charge < -0.3 is 4.57 Å². The molecule has 140 valence electrons. The molecule has 1 heterocycles. The molecule has 0 unspecified atom stereocenters. The van der Waals surface area contributed by atoms with Gasteiger partial charge in [0.2, 0.25) is 0 Å². The van der Waals surface area contributed by atoms with E-state index in [0.717, 1.165) is 12.1 Å². The van der Waals surface area contributed by atoms with E-state index in [9.17, 15) is 17.6 Å². The molecule has 1 amide bonds. The van der Waals surface area contributed by atoms with Crippen LogP contribution in [0.4, 0.5) is 4.39 Å². The van der Waals surface area contributed by atoms with Gasteiger partial charge in [-0.15, -0.1) is 0 Å². The molecular formula is C18H15ClFN3O3S. The van der Waals surface area contributed by atoms with Crippen LogP contribution in [0, 0.1) is 12.7 Å². The van der Waals surface area contributed by atoms with Crippen LogP contribution in [-0.4, -0.2) is 23.9 Å². The van der Waals surface area contributed by atoms with Gasteiger partial charge in [0.25, 0.3) is 15.9 Å². The van der Waals surface area contributed by atoms with Crippen LogP contribution in [0.5, 0.6) is 0 Å². The average Bonchev–Trinajstić information content (AvgIpc) is 2.99. The Balaban J connectivity index is 1.92. The fourth-order valence-electron chi connectivity index (χ4n) is 2.56. The summed E-state index contributed by atoms with van der Waals surface area (Å²) in [4.78, 5) is 16.3. The van der Waals surface area contributed by atoms with Gasteiger partial charge in [-0.05, 0) is 36.8 Å². The van der Waals surface area contributed by atoms with Gasteiger partial charge in [0, 0.05) is 18.8 Å². The molecule has 6 nitrogen and oxygen atoms in total. The number of nitrogens with one attached hydrogen (secondary N) is 1. The first-order valence-electron chi connectivity index (χ1n) is 7.80. The van der Waals surface area contributed by atoms with Crippen LogP contribution in [0.15, 0.2) is 53.6 Å². The molecule has 1 N–H and O–H groups in total. The highest BCUT2D eigenvalue weighted by Gasteiger charge is 2.24. The number of nitrogens with zero attached hydrogens (tertiary/aromatic N) is 2. The van der Waals surface area contributed by atoms with Crippen molar-refractivity contribution in [3.05, 3.63) is 70.8 Å². The summed E-state index contributed by atoms with van der Waals surface area (Å²) in [5.41, 5.74) is 0.809. The molecule has 0 aliphatic rings. The fourth-order valence-corrected chi connectivity index (χ4v) is 4.00. The van der Waals surface area contributed by atoms with Crippen LogP contribution in [0.1, 0.15) is 16.1 Å². The molecule has 0 saturated heterocycles. The zero-order valence-electron chi connectivity index (χ0n) is 14.4. The monoisotopic (exact) mass is 407 g/mol. The van der Waals surface area contributed by atoms with E-state index in [4.69, 9.17) is 11.6 Å². The number of sulfonamides is 1. The number of hydrogen-bond donors (Lipinski definition) is 1. The third-order valence-electron chi connectivity index (χ3n) is 3.89. The molecule has 3 rings (SSSR count). The van der Waals surface area contributed by atoms with E-state index >= 15 is 0 Å². The first-order valence-corrected chi connectivity index (χ1v) is 9.67. The van der Waals surface area contributed by atoms with Gasteiger partial charge in [-0.25, -0.2) is 22.5 Å². The topological polar surface area (TPSA) is 81.1 Å². The van der Waals surface area contributed by atoms with Gasteiger partial charge in [-0.1, -0.05) is 29.8 Å². The minimum Gasteiger partial charge on any atom is -0.333 e. The number of carbonyl (C=O) groups is 1. The molecule has 0 atom stereocenters. The van der Waals surface area contributed by atoms with Crippen molar-refractivity contribution in [1.29, 1.82) is 0 Å². The first-order chi connectivity index (χ1) is 12.7. The fraction of sp³-hybridized carbons (Fsp3) is 0.111. The van der Waals surface area contributed by atoms with Gasteiger partial charge in [0.1, 0.15) is 17.3 Å². The summed E-state index contributed by atoms with van der Waals surface area (Å²) >= 11 is 6.15. The molecule has 1 aromatic heterocycles. The Bertz CT molecular complexity index is 1140. The molecule has 0 radical (unpaired) electrons. The number of benzene rings is 2. The van der Waals surface area contributed by atoms with E-state index < -0.39 is 21.7 Å². The SMILES string of the molecule is Cc1ccc(F)cc1S(=O)(=O)NC(=O)c1cn(C)c(-c2ccccc2Cl)n1. The highest BCUT2D eigenvalue weighted by molar-refractivity contribution is 7.90. The second-order valence-electron chi connectivity index (χ2n) is 5.88. The Hall–Kier alpha value is -2.71. The van der Waals surface area contributed by atoms with Gasteiger partial charge in [0.15, 0.2) is 0 Å². The molecular weight excluding hydrogens is 393 g/mol. The normalized spacial score (nSPS) is 11.4. The van der Waals surface area contributed by atoms with Crippen LogP contribution in [-0.2, 0) is 17.1 Å². The van der Waals surface area contributed by atoms with E-state index in [1.165, 1.54) is 19.2 Å².